The second kappa shape index (κ2) is 13.8. The molecular formula is C33H43N5O2. The molecule has 3 aromatic rings. The first kappa shape index (κ1) is 28.1. The summed E-state index contributed by atoms with van der Waals surface area (Å²) < 4.78 is 6.20. The molecule has 1 aliphatic carbocycles. The van der Waals surface area contributed by atoms with Gasteiger partial charge in [-0.15, -0.1) is 0 Å². The summed E-state index contributed by atoms with van der Waals surface area (Å²) in [5.41, 5.74) is 3.47. The number of carbonyl (C=O) groups is 1. The minimum Gasteiger partial charge on any atom is -0.490 e. The molecule has 1 saturated carbocycles. The van der Waals surface area contributed by atoms with E-state index in [9.17, 15) is 4.79 Å². The van der Waals surface area contributed by atoms with Crippen LogP contribution in [0.5, 0.6) is 5.75 Å². The van der Waals surface area contributed by atoms with E-state index in [1.165, 1.54) is 24.0 Å². The average Bonchev–Trinajstić information content (AvgIpc) is 3.46. The Labute approximate surface area is 239 Å². The van der Waals surface area contributed by atoms with Gasteiger partial charge in [0.1, 0.15) is 5.75 Å². The van der Waals surface area contributed by atoms with Crippen molar-refractivity contribution in [2.75, 3.05) is 36.0 Å². The van der Waals surface area contributed by atoms with Crippen molar-refractivity contribution >= 4 is 17.5 Å². The van der Waals surface area contributed by atoms with E-state index in [1.807, 2.05) is 17.0 Å². The number of amides is 1. The molecule has 2 heterocycles. The zero-order chi connectivity index (χ0) is 27.7. The van der Waals surface area contributed by atoms with Crippen molar-refractivity contribution in [1.29, 1.82) is 0 Å². The Bertz CT molecular complexity index is 1210. The number of anilines is 2. The van der Waals surface area contributed by atoms with E-state index < -0.39 is 0 Å². The molecule has 0 spiro atoms. The van der Waals surface area contributed by atoms with Crippen molar-refractivity contribution in [2.45, 2.75) is 71.6 Å². The molecule has 7 nitrogen and oxygen atoms in total. The Morgan fingerprint density at radius 2 is 1.65 bits per heavy atom. The van der Waals surface area contributed by atoms with Gasteiger partial charge in [0.15, 0.2) is 0 Å². The average molecular weight is 542 g/mol. The molecule has 1 aliphatic heterocycles. The van der Waals surface area contributed by atoms with Gasteiger partial charge in [0.25, 0.3) is 0 Å². The van der Waals surface area contributed by atoms with Crippen molar-refractivity contribution in [3.8, 4) is 5.75 Å². The van der Waals surface area contributed by atoms with Crippen LogP contribution in [-0.4, -0.2) is 53.1 Å². The van der Waals surface area contributed by atoms with Crippen molar-refractivity contribution in [3.63, 3.8) is 0 Å². The molecule has 2 aromatic carbocycles. The molecule has 0 saturated heterocycles. The van der Waals surface area contributed by atoms with Gasteiger partial charge in [-0.3, -0.25) is 9.69 Å². The van der Waals surface area contributed by atoms with Crippen LogP contribution in [0.4, 0.5) is 11.6 Å². The van der Waals surface area contributed by atoms with Crippen molar-refractivity contribution < 1.29 is 9.53 Å². The number of fused-ring (bicyclic) bond motifs is 1. The summed E-state index contributed by atoms with van der Waals surface area (Å²) in [4.78, 5) is 29.3. The SMILES string of the molecule is CC(C)CC(=O)N1CCCN(c2ncccn2)CCN(Cc2ccc(OC3CCCC3)cc2)Cc2ccccc21. The highest BCUT2D eigenvalue weighted by Gasteiger charge is 2.23. The predicted molar refractivity (Wildman–Crippen MR) is 161 cm³/mol. The third-order valence-electron chi connectivity index (χ3n) is 7.83. The molecule has 2 aliphatic rings. The summed E-state index contributed by atoms with van der Waals surface area (Å²) in [5, 5.41) is 0. The second-order valence-corrected chi connectivity index (χ2v) is 11.5. The van der Waals surface area contributed by atoms with Gasteiger partial charge in [-0.2, -0.15) is 0 Å². The first-order chi connectivity index (χ1) is 19.5. The molecule has 0 N–H and O–H groups in total. The second-order valence-electron chi connectivity index (χ2n) is 11.5. The molecule has 0 atom stereocenters. The fraction of sp³-hybridized carbons (Fsp3) is 0.485. The van der Waals surface area contributed by atoms with Crippen LogP contribution >= 0.6 is 0 Å². The van der Waals surface area contributed by atoms with E-state index in [0.717, 1.165) is 69.4 Å². The zero-order valence-electron chi connectivity index (χ0n) is 24.0. The minimum atomic E-state index is 0.189. The van der Waals surface area contributed by atoms with Gasteiger partial charge in [-0.25, -0.2) is 9.97 Å². The van der Waals surface area contributed by atoms with Gasteiger partial charge < -0.3 is 14.5 Å². The molecule has 7 heteroatoms. The maximum Gasteiger partial charge on any atom is 0.227 e. The van der Waals surface area contributed by atoms with Crippen LogP contribution in [0.2, 0.25) is 0 Å². The lowest BCUT2D eigenvalue weighted by atomic mass is 10.1. The van der Waals surface area contributed by atoms with E-state index in [0.29, 0.717) is 25.0 Å². The number of hydrogen-bond donors (Lipinski definition) is 0. The third kappa shape index (κ3) is 7.60. The largest absolute Gasteiger partial charge is 0.490 e. The first-order valence-corrected chi connectivity index (χ1v) is 14.9. The summed E-state index contributed by atoms with van der Waals surface area (Å²) in [5.74, 6) is 2.20. The Morgan fingerprint density at radius 3 is 2.40 bits per heavy atom. The smallest absolute Gasteiger partial charge is 0.227 e. The number of hydrogen-bond acceptors (Lipinski definition) is 6. The monoisotopic (exact) mass is 541 g/mol. The molecular weight excluding hydrogens is 498 g/mol. The lowest BCUT2D eigenvalue weighted by molar-refractivity contribution is -0.119. The number of carbonyl (C=O) groups excluding carboxylic acids is 1. The predicted octanol–water partition coefficient (Wildman–Crippen LogP) is 6.09. The fourth-order valence-electron chi connectivity index (χ4n) is 5.78. The van der Waals surface area contributed by atoms with Crippen LogP contribution in [0.1, 0.15) is 63.5 Å². The quantitative estimate of drug-likeness (QED) is 0.361. The molecule has 0 bridgehead atoms. The molecule has 1 aromatic heterocycles. The highest BCUT2D eigenvalue weighted by molar-refractivity contribution is 5.94. The Balaban J connectivity index is 1.39. The van der Waals surface area contributed by atoms with E-state index in [-0.39, 0.29) is 5.91 Å². The number of aromatic nitrogens is 2. The maximum atomic E-state index is 13.5. The zero-order valence-corrected chi connectivity index (χ0v) is 24.0. The molecule has 0 radical (unpaired) electrons. The molecule has 1 amide bonds. The Hall–Kier alpha value is -3.45. The maximum absolute atomic E-state index is 13.5. The third-order valence-corrected chi connectivity index (χ3v) is 7.83. The first-order valence-electron chi connectivity index (χ1n) is 14.9. The van der Waals surface area contributed by atoms with Gasteiger partial charge in [-0.05, 0) is 73.4 Å². The number of rotatable bonds is 7. The standard InChI is InChI=1S/C33H43N5O2/c1-26(2)23-32(39)38-20-8-19-37(33-34-17-7-18-35-33)22-21-36(25-28-9-3-6-12-31(28)38)24-27-13-15-30(16-14-27)40-29-10-4-5-11-29/h3,6-7,9,12-18,26,29H,4-5,8,10-11,19-25H2,1-2H3. The number of para-hydroxylation sites is 1. The summed E-state index contributed by atoms with van der Waals surface area (Å²) in [7, 11) is 0. The van der Waals surface area contributed by atoms with Crippen molar-refractivity contribution in [1.82, 2.24) is 14.9 Å². The summed E-state index contributed by atoms with van der Waals surface area (Å²) in [6.07, 6.45) is 10.2. The van der Waals surface area contributed by atoms with E-state index in [1.54, 1.807) is 12.4 Å². The van der Waals surface area contributed by atoms with Crippen LogP contribution in [-0.2, 0) is 17.9 Å². The fourth-order valence-corrected chi connectivity index (χ4v) is 5.78. The molecule has 0 unspecified atom stereocenters. The topological polar surface area (TPSA) is 61.8 Å². The highest BCUT2D eigenvalue weighted by atomic mass is 16.5. The summed E-state index contributed by atoms with van der Waals surface area (Å²) in [6, 6.07) is 18.9. The molecule has 5 rings (SSSR count). The van der Waals surface area contributed by atoms with E-state index in [4.69, 9.17) is 4.74 Å². The normalized spacial score (nSPS) is 17.5. The van der Waals surface area contributed by atoms with Gasteiger partial charge >= 0.3 is 0 Å². The summed E-state index contributed by atoms with van der Waals surface area (Å²) >= 11 is 0. The van der Waals surface area contributed by atoms with Gasteiger partial charge in [0.2, 0.25) is 11.9 Å². The lowest BCUT2D eigenvalue weighted by Crippen LogP contribution is -2.37. The number of ether oxygens (including phenoxy) is 1. The summed E-state index contributed by atoms with van der Waals surface area (Å²) in [6.45, 7) is 8.91. The minimum absolute atomic E-state index is 0.189. The lowest BCUT2D eigenvalue weighted by Gasteiger charge is -2.28. The van der Waals surface area contributed by atoms with Crippen LogP contribution in [0.25, 0.3) is 0 Å². The van der Waals surface area contributed by atoms with Gasteiger partial charge in [0, 0.05) is 63.8 Å². The molecule has 40 heavy (non-hydrogen) atoms. The number of benzene rings is 2. The molecule has 1 fully saturated rings. The number of nitrogens with zero attached hydrogens (tertiary/aromatic N) is 5. The Morgan fingerprint density at radius 1 is 0.900 bits per heavy atom. The van der Waals surface area contributed by atoms with Crippen LogP contribution in [0, 0.1) is 5.92 Å². The van der Waals surface area contributed by atoms with Gasteiger partial charge in [0.05, 0.1) is 6.10 Å². The van der Waals surface area contributed by atoms with Crippen LogP contribution in [0.15, 0.2) is 67.0 Å². The van der Waals surface area contributed by atoms with E-state index >= 15 is 0 Å². The van der Waals surface area contributed by atoms with Gasteiger partial charge in [-0.1, -0.05) is 44.2 Å². The molecule has 212 valence electrons. The van der Waals surface area contributed by atoms with E-state index in [2.05, 4.69) is 76.1 Å². The van der Waals surface area contributed by atoms with Crippen LogP contribution in [0.3, 0.4) is 0 Å². The Kier molecular flexibility index (Phi) is 9.66. The van der Waals surface area contributed by atoms with Crippen molar-refractivity contribution in [2.24, 2.45) is 5.92 Å². The van der Waals surface area contributed by atoms with Crippen molar-refractivity contribution in [3.05, 3.63) is 78.1 Å². The highest BCUT2D eigenvalue weighted by Crippen LogP contribution is 2.27. The van der Waals surface area contributed by atoms with Crippen LogP contribution < -0.4 is 14.5 Å².